The molecule has 0 bridgehead atoms. The smallest absolute Gasteiger partial charge is 0.179 e. The van der Waals surface area contributed by atoms with E-state index in [0.29, 0.717) is 11.1 Å². The molecule has 116 valence electrons. The molecular formula is C18H20O3S. The van der Waals surface area contributed by atoms with Crippen molar-refractivity contribution < 1.29 is 13.5 Å². The summed E-state index contributed by atoms with van der Waals surface area (Å²) in [5, 5.41) is 10.5. The van der Waals surface area contributed by atoms with Crippen LogP contribution in [0.15, 0.2) is 77.7 Å². The Morgan fingerprint density at radius 1 is 1.05 bits per heavy atom. The number of aliphatic hydroxyl groups excluding tert-OH is 1. The largest absolute Gasteiger partial charge is 0.388 e. The molecular weight excluding hydrogens is 296 g/mol. The molecule has 0 saturated heterocycles. The van der Waals surface area contributed by atoms with Crippen molar-refractivity contribution in [2.24, 2.45) is 5.92 Å². The molecule has 3 nitrogen and oxygen atoms in total. The lowest BCUT2D eigenvalue weighted by Crippen LogP contribution is -2.23. The highest BCUT2D eigenvalue weighted by Crippen LogP contribution is 2.30. The van der Waals surface area contributed by atoms with Crippen LogP contribution in [0.5, 0.6) is 0 Å². The zero-order valence-electron chi connectivity index (χ0n) is 12.5. The lowest BCUT2D eigenvalue weighted by Gasteiger charge is -2.23. The van der Waals surface area contributed by atoms with Gasteiger partial charge in [0.1, 0.15) is 0 Å². The number of rotatable bonds is 6. The Morgan fingerprint density at radius 2 is 1.55 bits per heavy atom. The van der Waals surface area contributed by atoms with Gasteiger partial charge in [-0.25, -0.2) is 8.42 Å². The molecule has 22 heavy (non-hydrogen) atoms. The first kappa shape index (κ1) is 16.5. The predicted octanol–water partition coefficient (Wildman–Crippen LogP) is 3.39. The van der Waals surface area contributed by atoms with Crippen LogP contribution >= 0.6 is 0 Å². The van der Waals surface area contributed by atoms with E-state index in [1.54, 1.807) is 49.4 Å². The van der Waals surface area contributed by atoms with Gasteiger partial charge in [-0.2, -0.15) is 0 Å². The van der Waals surface area contributed by atoms with E-state index in [2.05, 4.69) is 6.58 Å². The average Bonchev–Trinajstić information content (AvgIpc) is 2.53. The lowest BCUT2D eigenvalue weighted by atomic mass is 9.92. The van der Waals surface area contributed by atoms with E-state index in [0.717, 1.165) is 0 Å². The van der Waals surface area contributed by atoms with Crippen molar-refractivity contribution in [1.29, 1.82) is 0 Å². The molecule has 0 aliphatic rings. The standard InChI is InChI=1S/C18H20O3S/c1-14(2)17(18(19)15-9-5-3-6-10-15)13-22(20,21)16-11-7-4-8-12-16/h3-12,17-19H,1,13H2,2H3/t17-,18-/m1/s1. The van der Waals surface area contributed by atoms with Gasteiger partial charge in [0.05, 0.1) is 16.8 Å². The van der Waals surface area contributed by atoms with Gasteiger partial charge < -0.3 is 5.11 Å². The zero-order valence-corrected chi connectivity index (χ0v) is 13.3. The molecule has 0 spiro atoms. The number of hydrogen-bond donors (Lipinski definition) is 1. The zero-order chi connectivity index (χ0) is 16.2. The van der Waals surface area contributed by atoms with Crippen LogP contribution in [0.3, 0.4) is 0 Å². The van der Waals surface area contributed by atoms with Gasteiger partial charge in [-0.05, 0) is 24.6 Å². The molecule has 4 heteroatoms. The van der Waals surface area contributed by atoms with Crippen LogP contribution in [0.1, 0.15) is 18.6 Å². The van der Waals surface area contributed by atoms with Crippen molar-refractivity contribution in [2.75, 3.05) is 5.75 Å². The second-order valence-corrected chi connectivity index (χ2v) is 7.44. The van der Waals surface area contributed by atoms with E-state index in [-0.39, 0.29) is 10.6 Å². The Balaban J connectivity index is 2.28. The highest BCUT2D eigenvalue weighted by atomic mass is 32.2. The minimum atomic E-state index is -3.48. The maximum atomic E-state index is 12.5. The molecule has 0 aliphatic carbocycles. The quantitative estimate of drug-likeness (QED) is 0.831. The predicted molar refractivity (Wildman–Crippen MR) is 88.2 cm³/mol. The SMILES string of the molecule is C=C(C)[C@@H](CS(=O)(=O)c1ccccc1)[C@H](O)c1ccccc1. The summed E-state index contributed by atoms with van der Waals surface area (Å²) in [6.45, 7) is 5.60. The number of sulfone groups is 1. The Kier molecular flexibility index (Phi) is 5.16. The van der Waals surface area contributed by atoms with E-state index >= 15 is 0 Å². The van der Waals surface area contributed by atoms with Crippen LogP contribution < -0.4 is 0 Å². The maximum Gasteiger partial charge on any atom is 0.179 e. The Morgan fingerprint density at radius 3 is 2.05 bits per heavy atom. The Bertz CT molecular complexity index is 721. The molecule has 0 unspecified atom stereocenters. The molecule has 2 aromatic carbocycles. The van der Waals surface area contributed by atoms with Gasteiger partial charge >= 0.3 is 0 Å². The first-order chi connectivity index (χ1) is 10.4. The molecule has 0 aliphatic heterocycles. The highest BCUT2D eigenvalue weighted by Gasteiger charge is 2.28. The lowest BCUT2D eigenvalue weighted by molar-refractivity contribution is 0.136. The van der Waals surface area contributed by atoms with E-state index in [9.17, 15) is 13.5 Å². The van der Waals surface area contributed by atoms with Gasteiger partial charge in [-0.15, -0.1) is 0 Å². The van der Waals surface area contributed by atoms with Crippen molar-refractivity contribution in [1.82, 2.24) is 0 Å². The molecule has 2 rings (SSSR count). The fraction of sp³-hybridized carbons (Fsp3) is 0.222. The first-order valence-electron chi connectivity index (χ1n) is 7.08. The number of aliphatic hydroxyl groups is 1. The molecule has 0 amide bonds. The Labute approximate surface area is 131 Å². The van der Waals surface area contributed by atoms with Gasteiger partial charge in [0, 0.05) is 5.92 Å². The van der Waals surface area contributed by atoms with Gasteiger partial charge in [-0.3, -0.25) is 0 Å². The second kappa shape index (κ2) is 6.90. The molecule has 1 N–H and O–H groups in total. The number of benzene rings is 2. The van der Waals surface area contributed by atoms with Gasteiger partial charge in [0.25, 0.3) is 0 Å². The van der Waals surface area contributed by atoms with Crippen LogP contribution in [-0.2, 0) is 9.84 Å². The fourth-order valence-corrected chi connectivity index (χ4v) is 4.05. The molecule has 0 radical (unpaired) electrons. The minimum absolute atomic E-state index is 0.164. The van der Waals surface area contributed by atoms with Crippen molar-refractivity contribution >= 4 is 9.84 Å². The number of hydrogen-bond acceptors (Lipinski definition) is 3. The molecule has 2 aromatic rings. The third kappa shape index (κ3) is 3.84. The van der Waals surface area contributed by atoms with Crippen LogP contribution in [0, 0.1) is 5.92 Å². The average molecular weight is 316 g/mol. The van der Waals surface area contributed by atoms with Crippen molar-refractivity contribution in [3.63, 3.8) is 0 Å². The summed E-state index contributed by atoms with van der Waals surface area (Å²) in [6.07, 6.45) is -0.891. The molecule has 0 aromatic heterocycles. The molecule has 0 heterocycles. The van der Waals surface area contributed by atoms with Crippen molar-refractivity contribution in [3.8, 4) is 0 Å². The summed E-state index contributed by atoms with van der Waals surface area (Å²) in [5.41, 5.74) is 1.34. The third-order valence-corrected chi connectivity index (χ3v) is 5.44. The van der Waals surface area contributed by atoms with Crippen molar-refractivity contribution in [2.45, 2.75) is 17.9 Å². The monoisotopic (exact) mass is 316 g/mol. The molecule has 0 saturated carbocycles. The van der Waals surface area contributed by atoms with Gasteiger partial charge in [-0.1, -0.05) is 60.7 Å². The summed E-state index contributed by atoms with van der Waals surface area (Å²) in [4.78, 5) is 0.265. The normalized spacial score (nSPS) is 14.3. The summed E-state index contributed by atoms with van der Waals surface area (Å²) < 4.78 is 25.1. The minimum Gasteiger partial charge on any atom is -0.388 e. The van der Waals surface area contributed by atoms with E-state index < -0.39 is 21.9 Å². The topological polar surface area (TPSA) is 54.4 Å². The van der Waals surface area contributed by atoms with Crippen LogP contribution in [-0.4, -0.2) is 19.3 Å². The third-order valence-electron chi connectivity index (χ3n) is 3.66. The molecule has 2 atom stereocenters. The maximum absolute atomic E-state index is 12.5. The fourth-order valence-electron chi connectivity index (χ4n) is 2.35. The summed E-state index contributed by atoms with van der Waals surface area (Å²) >= 11 is 0. The van der Waals surface area contributed by atoms with E-state index in [1.807, 2.05) is 18.2 Å². The van der Waals surface area contributed by atoms with Crippen LogP contribution in [0.4, 0.5) is 0 Å². The van der Waals surface area contributed by atoms with Crippen LogP contribution in [0.25, 0.3) is 0 Å². The van der Waals surface area contributed by atoms with E-state index in [4.69, 9.17) is 0 Å². The van der Waals surface area contributed by atoms with E-state index in [1.165, 1.54) is 0 Å². The first-order valence-corrected chi connectivity index (χ1v) is 8.73. The van der Waals surface area contributed by atoms with Crippen LogP contribution in [0.2, 0.25) is 0 Å². The summed E-state index contributed by atoms with van der Waals surface area (Å²) in [6, 6.07) is 17.4. The Hall–Kier alpha value is -1.91. The molecule has 0 fully saturated rings. The van der Waals surface area contributed by atoms with Crippen molar-refractivity contribution in [3.05, 3.63) is 78.4 Å². The summed E-state index contributed by atoms with van der Waals surface area (Å²) in [7, 11) is -3.48. The van der Waals surface area contributed by atoms with Gasteiger partial charge in [0.2, 0.25) is 0 Å². The second-order valence-electron chi connectivity index (χ2n) is 5.40. The van der Waals surface area contributed by atoms with Gasteiger partial charge in [0.15, 0.2) is 9.84 Å². The highest BCUT2D eigenvalue weighted by molar-refractivity contribution is 7.91. The summed E-state index contributed by atoms with van der Waals surface area (Å²) in [5.74, 6) is -0.713.